The van der Waals surface area contributed by atoms with Crippen LogP contribution in [0, 0.1) is 4.91 Å². The Labute approximate surface area is 250 Å². The third-order valence-electron chi connectivity index (χ3n) is 5.79. The molecule has 0 saturated heterocycles. The molecule has 3 N–H and O–H groups in total. The molecule has 2 unspecified atom stereocenters. The number of aromatic nitrogens is 2. The van der Waals surface area contributed by atoms with Crippen LogP contribution in [0.25, 0.3) is 11.1 Å². The first-order valence-electron chi connectivity index (χ1n) is 13.0. The van der Waals surface area contributed by atoms with Gasteiger partial charge in [-0.15, -0.1) is 4.36 Å². The first-order valence-corrected chi connectivity index (χ1v) is 15.7. The molecule has 0 aliphatic heterocycles. The van der Waals surface area contributed by atoms with E-state index in [9.17, 15) is 22.3 Å². The van der Waals surface area contributed by atoms with Crippen LogP contribution in [-0.2, 0) is 25.4 Å². The van der Waals surface area contributed by atoms with E-state index in [0.717, 1.165) is 0 Å². The molecule has 224 valence electrons. The van der Waals surface area contributed by atoms with Gasteiger partial charge in [0.25, 0.3) is 10.0 Å². The fourth-order valence-electron chi connectivity index (χ4n) is 3.80. The van der Waals surface area contributed by atoms with E-state index in [1.54, 1.807) is 86.8 Å². The summed E-state index contributed by atoms with van der Waals surface area (Å²) in [6.45, 7) is 3.51. The van der Waals surface area contributed by atoms with E-state index in [0.29, 0.717) is 33.2 Å². The molecule has 0 fully saturated rings. The van der Waals surface area contributed by atoms with E-state index in [-0.39, 0.29) is 30.0 Å². The molecule has 0 aliphatic rings. The van der Waals surface area contributed by atoms with Gasteiger partial charge in [-0.1, -0.05) is 41.6 Å². The molecule has 0 aliphatic carbocycles. The highest BCUT2D eigenvalue weighted by Gasteiger charge is 2.16. The van der Waals surface area contributed by atoms with E-state index in [1.165, 1.54) is 12.1 Å². The Balaban J connectivity index is 1.59. The largest absolute Gasteiger partial charge is 0.448 e. The number of nitrogens with zero attached hydrogens (tertiary/aromatic N) is 4. The van der Waals surface area contributed by atoms with E-state index in [2.05, 4.69) is 34.9 Å². The van der Waals surface area contributed by atoms with Crippen molar-refractivity contribution in [3.05, 3.63) is 90.0 Å². The summed E-state index contributed by atoms with van der Waals surface area (Å²) in [5.74, 6) is 0.588. The first kappa shape index (κ1) is 31.1. The topological polar surface area (TPSA) is 181 Å². The lowest BCUT2D eigenvalue weighted by Gasteiger charge is -2.17. The molecule has 0 saturated carbocycles. The molecule has 43 heavy (non-hydrogen) atoms. The van der Waals surface area contributed by atoms with E-state index in [1.807, 2.05) is 0 Å². The highest BCUT2D eigenvalue weighted by Crippen LogP contribution is 2.30. The van der Waals surface area contributed by atoms with Crippen molar-refractivity contribution in [1.29, 1.82) is 0 Å². The molecule has 0 spiro atoms. The summed E-state index contributed by atoms with van der Waals surface area (Å²) in [6.07, 6.45) is 0.666. The molecule has 4 aromatic rings. The number of sulfonamides is 1. The molecule has 4 rings (SSSR count). The van der Waals surface area contributed by atoms with Gasteiger partial charge in [-0.2, -0.15) is 9.89 Å². The summed E-state index contributed by atoms with van der Waals surface area (Å²) in [7, 11) is -6.13. The average molecular weight is 624 g/mol. The first-order chi connectivity index (χ1) is 20.7. The fraction of sp³-hybridized carbons (Fsp3) is 0.179. The molecule has 15 heteroatoms. The quantitative estimate of drug-likeness (QED) is 0.117. The van der Waals surface area contributed by atoms with Crippen LogP contribution in [0.1, 0.15) is 13.8 Å². The number of hydrogen-bond donors (Lipinski definition) is 4. The SMILES string of the molecule is CCOC(=O)/N=[SH](=O)\c1cccc(Nc2ncc(-c3ccc(NS(=O)(=O)c4ccccc4)cc3)c(NC(C)CN=O)n2)c1. The molecular weight excluding hydrogens is 594 g/mol. The Kier molecular flexibility index (Phi) is 10.3. The number of benzene rings is 3. The zero-order valence-corrected chi connectivity index (χ0v) is 24.9. The van der Waals surface area contributed by atoms with Crippen molar-refractivity contribution in [3.63, 3.8) is 0 Å². The molecule has 0 radical (unpaired) electrons. The summed E-state index contributed by atoms with van der Waals surface area (Å²) >= 11 is 0. The van der Waals surface area contributed by atoms with Crippen LogP contribution in [0.15, 0.2) is 104 Å². The standard InChI is InChI=1S/C28H29N7O6S2/c1-3-41-28(36)34-42(38)23-9-7-8-22(16-23)32-27-29-18-25(26(33-27)31-19(2)17-30-37)20-12-14-21(15-13-20)35-43(39,40)24-10-5-4-6-11-24/h4-16,18-19,35,42H,3,17H2,1-2H3,(H2,29,31,32,33). The van der Waals surface area contributed by atoms with E-state index < -0.39 is 26.7 Å². The lowest BCUT2D eigenvalue weighted by molar-refractivity contribution is 0.164. The van der Waals surface area contributed by atoms with E-state index in [4.69, 9.17) is 4.74 Å². The van der Waals surface area contributed by atoms with Gasteiger partial charge in [0.1, 0.15) is 12.4 Å². The van der Waals surface area contributed by atoms with Crippen LogP contribution in [0.2, 0.25) is 0 Å². The zero-order chi connectivity index (χ0) is 30.8. The predicted octanol–water partition coefficient (Wildman–Crippen LogP) is 5.43. The predicted molar refractivity (Wildman–Crippen MR) is 165 cm³/mol. The molecule has 2 atom stereocenters. The smallest absolute Gasteiger partial charge is 0.441 e. The lowest BCUT2D eigenvalue weighted by atomic mass is 10.1. The number of nitroso groups, excluding NO2 is 1. The lowest BCUT2D eigenvalue weighted by Crippen LogP contribution is -2.20. The molecule has 1 heterocycles. The van der Waals surface area contributed by atoms with Crippen LogP contribution >= 0.6 is 0 Å². The van der Waals surface area contributed by atoms with Gasteiger partial charge in [0, 0.05) is 34.1 Å². The Morgan fingerprint density at radius 1 is 1.02 bits per heavy atom. The van der Waals surface area contributed by atoms with Gasteiger partial charge in [-0.05, 0) is 61.9 Å². The number of nitrogens with one attached hydrogen (secondary N) is 3. The van der Waals surface area contributed by atoms with Gasteiger partial charge in [0.15, 0.2) is 0 Å². The van der Waals surface area contributed by atoms with Crippen molar-refractivity contribution < 1.29 is 22.2 Å². The van der Waals surface area contributed by atoms with Crippen molar-refractivity contribution in [2.24, 2.45) is 9.54 Å². The second kappa shape index (κ2) is 14.3. The number of anilines is 4. The van der Waals surface area contributed by atoms with Gasteiger partial charge in [-0.3, -0.25) is 4.72 Å². The van der Waals surface area contributed by atoms with Crippen LogP contribution in [-0.4, -0.2) is 47.9 Å². The summed E-state index contributed by atoms with van der Waals surface area (Å²) in [5, 5.41) is 9.15. The van der Waals surface area contributed by atoms with Crippen molar-refractivity contribution in [2.45, 2.75) is 29.7 Å². The van der Waals surface area contributed by atoms with Gasteiger partial charge in [0.2, 0.25) is 5.95 Å². The number of carbonyl (C=O) groups is 1. The second-order valence-corrected chi connectivity index (χ2v) is 12.0. The number of hydrogen-bond acceptors (Lipinski definition) is 11. The summed E-state index contributed by atoms with van der Waals surface area (Å²) in [5.41, 5.74) is 2.14. The average Bonchev–Trinajstić information content (AvgIpc) is 2.98. The molecular formula is C28H29N7O6S2. The molecule has 1 aromatic heterocycles. The van der Waals surface area contributed by atoms with Gasteiger partial charge >= 0.3 is 6.09 Å². The fourth-order valence-corrected chi connectivity index (χ4v) is 5.67. The Hall–Kier alpha value is -4.89. The zero-order valence-electron chi connectivity index (χ0n) is 23.2. The Morgan fingerprint density at radius 3 is 2.47 bits per heavy atom. The van der Waals surface area contributed by atoms with Crippen LogP contribution in [0.4, 0.5) is 27.9 Å². The van der Waals surface area contributed by atoms with E-state index >= 15 is 0 Å². The van der Waals surface area contributed by atoms with Crippen LogP contribution < -0.4 is 15.4 Å². The van der Waals surface area contributed by atoms with Crippen molar-refractivity contribution in [1.82, 2.24) is 9.97 Å². The van der Waals surface area contributed by atoms with Crippen molar-refractivity contribution >= 4 is 49.9 Å². The van der Waals surface area contributed by atoms with Crippen molar-refractivity contribution in [3.8, 4) is 11.1 Å². The summed E-state index contributed by atoms with van der Waals surface area (Å²) in [4.78, 5) is 31.9. The number of rotatable bonds is 12. The second-order valence-electron chi connectivity index (χ2n) is 9.06. The van der Waals surface area contributed by atoms with Crippen LogP contribution in [0.5, 0.6) is 0 Å². The molecule has 3 aromatic carbocycles. The Morgan fingerprint density at radius 2 is 1.77 bits per heavy atom. The minimum atomic E-state index is -3.76. The number of ether oxygens (including phenoxy) is 1. The maximum absolute atomic E-state index is 12.7. The molecule has 1 amide bonds. The minimum absolute atomic E-state index is 0.00846. The van der Waals surface area contributed by atoms with Crippen LogP contribution in [0.3, 0.4) is 0 Å². The summed E-state index contributed by atoms with van der Waals surface area (Å²) in [6, 6.07) is 20.8. The number of amides is 1. The number of thiol groups is 1. The highest BCUT2D eigenvalue weighted by atomic mass is 32.2. The Bertz CT molecular complexity index is 1780. The molecule has 13 nitrogen and oxygen atoms in total. The third kappa shape index (κ3) is 8.56. The number of carbonyl (C=O) groups excluding carboxylic acids is 1. The van der Waals surface area contributed by atoms with Crippen molar-refractivity contribution in [2.75, 3.05) is 28.5 Å². The summed E-state index contributed by atoms with van der Waals surface area (Å²) < 4.78 is 48.7. The highest BCUT2D eigenvalue weighted by molar-refractivity contribution is 7.92. The normalized spacial score (nSPS) is 12.6. The molecule has 0 bridgehead atoms. The maximum Gasteiger partial charge on any atom is 0.441 e. The minimum Gasteiger partial charge on any atom is -0.448 e. The third-order valence-corrected chi connectivity index (χ3v) is 8.25. The van der Waals surface area contributed by atoms with Gasteiger partial charge < -0.3 is 15.4 Å². The maximum atomic E-state index is 12.7. The monoisotopic (exact) mass is 623 g/mol. The van der Waals surface area contributed by atoms with Gasteiger partial charge in [0.05, 0.1) is 22.1 Å². The van der Waals surface area contributed by atoms with Gasteiger partial charge in [-0.25, -0.2) is 22.4 Å².